The summed E-state index contributed by atoms with van der Waals surface area (Å²) in [5.41, 5.74) is 10.8. The van der Waals surface area contributed by atoms with Crippen LogP contribution in [0.25, 0.3) is 0 Å². The van der Waals surface area contributed by atoms with Gasteiger partial charge in [0.15, 0.2) is 3.92 Å². The van der Waals surface area contributed by atoms with Crippen LogP contribution in [0.3, 0.4) is 0 Å². The van der Waals surface area contributed by atoms with Crippen LogP contribution in [0.2, 0.25) is 0 Å². The molecule has 1 aromatic rings. The smallest absolute Gasteiger partial charge is 0.211 e. The maximum absolute atomic E-state index is 5.05. The van der Waals surface area contributed by atoms with Gasteiger partial charge in [-0.2, -0.15) is 5.10 Å². The number of rotatable bonds is 2. The molecule has 1 heterocycles. The highest BCUT2D eigenvalue weighted by Crippen LogP contribution is 2.14. The highest BCUT2D eigenvalue weighted by molar-refractivity contribution is 9.11. The molecule has 7 heteroatoms. The molecule has 0 fully saturated rings. The quantitative estimate of drug-likeness (QED) is 0.454. The van der Waals surface area contributed by atoms with Gasteiger partial charge in [-0.1, -0.05) is 0 Å². The molecule has 1 aromatic heterocycles. The van der Waals surface area contributed by atoms with E-state index in [4.69, 9.17) is 11.5 Å². The first-order chi connectivity index (χ1) is 5.68. The first kappa shape index (κ1) is 9.14. The van der Waals surface area contributed by atoms with Crippen molar-refractivity contribution in [1.29, 1.82) is 0 Å². The Morgan fingerprint density at radius 3 is 2.92 bits per heavy atom. The zero-order chi connectivity index (χ0) is 8.97. The Labute approximate surface area is 81.3 Å². The molecular formula is C5H6BrN5S. The topological polar surface area (TPSA) is 89.7 Å². The van der Waals surface area contributed by atoms with E-state index in [-0.39, 0.29) is 5.96 Å². The summed E-state index contributed by atoms with van der Waals surface area (Å²) in [7, 11) is 0. The minimum atomic E-state index is -0.0689. The lowest BCUT2D eigenvalue weighted by atomic mass is 10.6. The molecule has 0 atom stereocenters. The van der Waals surface area contributed by atoms with E-state index in [1.165, 1.54) is 17.6 Å². The third kappa shape index (κ3) is 2.97. The molecule has 0 bridgehead atoms. The van der Waals surface area contributed by atoms with Crippen molar-refractivity contribution in [1.82, 2.24) is 4.98 Å². The van der Waals surface area contributed by atoms with E-state index in [1.54, 1.807) is 0 Å². The van der Waals surface area contributed by atoms with Crippen molar-refractivity contribution < 1.29 is 0 Å². The molecule has 64 valence electrons. The van der Waals surface area contributed by atoms with Crippen molar-refractivity contribution in [3.05, 3.63) is 15.0 Å². The summed E-state index contributed by atoms with van der Waals surface area (Å²) in [6, 6.07) is 0. The Hall–Kier alpha value is -0.950. The van der Waals surface area contributed by atoms with Gasteiger partial charge in [0.05, 0.1) is 11.9 Å². The lowest BCUT2D eigenvalue weighted by Crippen LogP contribution is -2.21. The molecule has 0 aromatic carbocycles. The molecule has 4 N–H and O–H groups in total. The van der Waals surface area contributed by atoms with E-state index in [2.05, 4.69) is 31.1 Å². The number of hydrogen-bond donors (Lipinski definition) is 2. The van der Waals surface area contributed by atoms with Crippen LogP contribution in [0.15, 0.2) is 19.5 Å². The summed E-state index contributed by atoms with van der Waals surface area (Å²) in [6.45, 7) is 0. The van der Waals surface area contributed by atoms with Crippen LogP contribution in [-0.4, -0.2) is 17.2 Å². The second-order valence-corrected chi connectivity index (χ2v) is 3.93. The fourth-order valence-electron chi connectivity index (χ4n) is 0.477. The molecule has 0 unspecified atom stereocenters. The van der Waals surface area contributed by atoms with Crippen LogP contribution in [0, 0.1) is 0 Å². The largest absolute Gasteiger partial charge is 0.369 e. The van der Waals surface area contributed by atoms with Crippen molar-refractivity contribution in [2.75, 3.05) is 0 Å². The van der Waals surface area contributed by atoms with Gasteiger partial charge >= 0.3 is 0 Å². The number of halogens is 1. The molecule has 0 saturated heterocycles. The van der Waals surface area contributed by atoms with E-state index in [0.717, 1.165) is 9.61 Å². The molecular weight excluding hydrogens is 242 g/mol. The second kappa shape index (κ2) is 4.17. The van der Waals surface area contributed by atoms with E-state index < -0.39 is 0 Å². The van der Waals surface area contributed by atoms with Gasteiger partial charge in [-0.15, -0.1) is 16.4 Å². The minimum absolute atomic E-state index is 0.0689. The Balaban J connectivity index is 2.64. The zero-order valence-corrected chi connectivity index (χ0v) is 8.34. The van der Waals surface area contributed by atoms with Gasteiger partial charge in [-0.3, -0.25) is 0 Å². The second-order valence-electron chi connectivity index (χ2n) is 1.79. The standard InChI is InChI=1S/C5H6BrN5S/c6-4-10-3(2-12-4)1-9-11-5(7)8/h1-2H,(H4,7,8,11)/b9-1+. The Morgan fingerprint density at radius 2 is 2.42 bits per heavy atom. The molecule has 0 spiro atoms. The van der Waals surface area contributed by atoms with Crippen molar-refractivity contribution >= 4 is 39.4 Å². The Morgan fingerprint density at radius 1 is 1.67 bits per heavy atom. The normalized spacial score (nSPS) is 10.4. The predicted octanol–water partition coefficient (Wildman–Crippen LogP) is 0.513. The van der Waals surface area contributed by atoms with Gasteiger partial charge in [0, 0.05) is 5.38 Å². The molecule has 0 aliphatic heterocycles. The SMILES string of the molecule is NC(N)=N/N=C/c1csc(Br)n1. The Kier molecular flexibility index (Phi) is 3.18. The molecule has 0 aliphatic carbocycles. The summed E-state index contributed by atoms with van der Waals surface area (Å²) in [5.74, 6) is -0.0689. The van der Waals surface area contributed by atoms with Crippen LogP contribution in [0.5, 0.6) is 0 Å². The van der Waals surface area contributed by atoms with Gasteiger partial charge in [-0.25, -0.2) is 4.98 Å². The third-order valence-corrected chi connectivity index (χ3v) is 2.24. The van der Waals surface area contributed by atoms with Crippen LogP contribution in [-0.2, 0) is 0 Å². The maximum atomic E-state index is 5.05. The van der Waals surface area contributed by atoms with E-state index >= 15 is 0 Å². The van der Waals surface area contributed by atoms with Crippen molar-refractivity contribution in [3.63, 3.8) is 0 Å². The van der Waals surface area contributed by atoms with Gasteiger partial charge in [0.1, 0.15) is 0 Å². The summed E-state index contributed by atoms with van der Waals surface area (Å²) in [5, 5.41) is 8.84. The number of nitrogens with two attached hydrogens (primary N) is 2. The summed E-state index contributed by atoms with van der Waals surface area (Å²) >= 11 is 4.68. The fourth-order valence-corrected chi connectivity index (χ4v) is 1.45. The fraction of sp³-hybridized carbons (Fsp3) is 0. The lowest BCUT2D eigenvalue weighted by molar-refractivity contribution is 1.21. The van der Waals surface area contributed by atoms with Gasteiger partial charge in [-0.05, 0) is 15.9 Å². The maximum Gasteiger partial charge on any atom is 0.211 e. The highest BCUT2D eigenvalue weighted by atomic mass is 79.9. The van der Waals surface area contributed by atoms with Crippen molar-refractivity contribution in [2.24, 2.45) is 21.7 Å². The molecule has 0 amide bonds. The van der Waals surface area contributed by atoms with Crippen molar-refractivity contribution in [2.45, 2.75) is 0 Å². The van der Waals surface area contributed by atoms with Crippen LogP contribution in [0.4, 0.5) is 0 Å². The number of thiazole rings is 1. The van der Waals surface area contributed by atoms with Gasteiger partial charge < -0.3 is 11.5 Å². The average molecular weight is 248 g/mol. The summed E-state index contributed by atoms with van der Waals surface area (Å²) in [4.78, 5) is 4.04. The number of guanidine groups is 1. The summed E-state index contributed by atoms with van der Waals surface area (Å²) < 4.78 is 0.800. The van der Waals surface area contributed by atoms with E-state index in [9.17, 15) is 0 Å². The lowest BCUT2D eigenvalue weighted by Gasteiger charge is -1.82. The molecule has 12 heavy (non-hydrogen) atoms. The van der Waals surface area contributed by atoms with Crippen LogP contribution < -0.4 is 11.5 Å². The van der Waals surface area contributed by atoms with Crippen molar-refractivity contribution in [3.8, 4) is 0 Å². The third-order valence-electron chi connectivity index (χ3n) is 0.857. The molecule has 5 nitrogen and oxygen atoms in total. The monoisotopic (exact) mass is 247 g/mol. The van der Waals surface area contributed by atoms with Crippen LogP contribution >= 0.6 is 27.3 Å². The summed E-state index contributed by atoms with van der Waals surface area (Å²) in [6.07, 6.45) is 1.47. The first-order valence-corrected chi connectivity index (χ1v) is 4.59. The van der Waals surface area contributed by atoms with Gasteiger partial charge in [0.25, 0.3) is 0 Å². The number of nitrogens with zero attached hydrogens (tertiary/aromatic N) is 3. The van der Waals surface area contributed by atoms with Crippen LogP contribution in [0.1, 0.15) is 5.69 Å². The van der Waals surface area contributed by atoms with E-state index in [1.807, 2.05) is 5.38 Å². The highest BCUT2D eigenvalue weighted by Gasteiger charge is 1.93. The molecule has 0 aliphatic rings. The average Bonchev–Trinajstić information content (AvgIpc) is 2.35. The number of hydrogen-bond acceptors (Lipinski definition) is 4. The van der Waals surface area contributed by atoms with E-state index in [0.29, 0.717) is 0 Å². The zero-order valence-electron chi connectivity index (χ0n) is 5.94. The molecule has 0 radical (unpaired) electrons. The Bertz CT molecular complexity index is 313. The van der Waals surface area contributed by atoms with Gasteiger partial charge in [0.2, 0.25) is 5.96 Å². The molecule has 0 saturated carbocycles. The predicted molar refractivity (Wildman–Crippen MR) is 53.2 cm³/mol. The first-order valence-electron chi connectivity index (χ1n) is 2.91. The molecule has 1 rings (SSSR count). The number of aromatic nitrogens is 1. The minimum Gasteiger partial charge on any atom is -0.369 e.